The molecule has 10 nitrogen and oxygen atoms in total. The van der Waals surface area contributed by atoms with E-state index in [1.54, 1.807) is 6.33 Å². The minimum absolute atomic E-state index is 0.00652. The van der Waals surface area contributed by atoms with Crippen molar-refractivity contribution in [1.82, 2.24) is 24.8 Å². The number of hydrogen-bond donors (Lipinski definition) is 3. The van der Waals surface area contributed by atoms with Crippen molar-refractivity contribution in [3.63, 3.8) is 0 Å². The average Bonchev–Trinajstić information content (AvgIpc) is 3.58. The van der Waals surface area contributed by atoms with Crippen molar-refractivity contribution < 1.29 is 19.0 Å². The van der Waals surface area contributed by atoms with E-state index in [0.717, 1.165) is 22.2 Å². The third-order valence-electron chi connectivity index (χ3n) is 6.48. The van der Waals surface area contributed by atoms with Gasteiger partial charge in [0.25, 0.3) is 0 Å². The maximum atomic E-state index is 12.6. The quantitative estimate of drug-likeness (QED) is 0.338. The Morgan fingerprint density at radius 3 is 2.78 bits per heavy atom. The molecule has 0 spiro atoms. The van der Waals surface area contributed by atoms with E-state index in [0.29, 0.717) is 46.7 Å². The fraction of sp³-hybridized carbons (Fsp3) is 0.520. The largest absolute Gasteiger partial charge is 0.454 e. The molecule has 1 unspecified atom stereocenters. The van der Waals surface area contributed by atoms with Crippen molar-refractivity contribution in [3.8, 4) is 11.5 Å². The number of carbonyl (C=O) groups excluding carboxylic acids is 1. The number of benzene rings is 1. The van der Waals surface area contributed by atoms with Crippen LogP contribution in [0.15, 0.2) is 33.0 Å². The van der Waals surface area contributed by atoms with Gasteiger partial charge >= 0.3 is 6.09 Å². The Morgan fingerprint density at radius 2 is 2.05 bits per heavy atom. The summed E-state index contributed by atoms with van der Waals surface area (Å²) in [7, 11) is 0. The number of hydrogen-bond acceptors (Lipinski definition) is 8. The molecule has 3 heterocycles. The van der Waals surface area contributed by atoms with Crippen LogP contribution in [0.2, 0.25) is 0 Å². The molecule has 5 rings (SSSR count). The van der Waals surface area contributed by atoms with Gasteiger partial charge in [0, 0.05) is 22.0 Å². The number of imidazole rings is 1. The Labute approximate surface area is 227 Å². The van der Waals surface area contributed by atoms with Crippen molar-refractivity contribution in [2.24, 2.45) is 5.92 Å². The van der Waals surface area contributed by atoms with Gasteiger partial charge in [-0.1, -0.05) is 24.6 Å². The summed E-state index contributed by atoms with van der Waals surface area (Å²) in [5.41, 5.74) is 0.811. The van der Waals surface area contributed by atoms with Crippen LogP contribution in [0.1, 0.15) is 52.9 Å². The first-order chi connectivity index (χ1) is 17.7. The summed E-state index contributed by atoms with van der Waals surface area (Å²) in [6.07, 6.45) is 6.53. The zero-order valence-electron chi connectivity index (χ0n) is 21.1. The molecule has 37 heavy (non-hydrogen) atoms. The molecule has 1 aliphatic carbocycles. The van der Waals surface area contributed by atoms with Crippen molar-refractivity contribution in [2.75, 3.05) is 6.79 Å². The first-order valence-electron chi connectivity index (χ1n) is 12.4. The zero-order chi connectivity index (χ0) is 26.2. The molecule has 12 heteroatoms. The van der Waals surface area contributed by atoms with Gasteiger partial charge in [0.1, 0.15) is 11.1 Å². The Kier molecular flexibility index (Phi) is 7.39. The number of nitrogens with zero attached hydrogens (tertiary/aromatic N) is 3. The van der Waals surface area contributed by atoms with Gasteiger partial charge < -0.3 is 29.1 Å². The lowest BCUT2D eigenvalue weighted by Crippen LogP contribution is -2.43. The molecule has 1 amide bonds. The van der Waals surface area contributed by atoms with Crippen LogP contribution < -0.4 is 20.3 Å². The second-order valence-corrected chi connectivity index (χ2v) is 12.2. The fourth-order valence-corrected chi connectivity index (χ4v) is 6.16. The number of carbonyl (C=O) groups is 1. The van der Waals surface area contributed by atoms with E-state index in [2.05, 4.69) is 31.2 Å². The highest BCUT2D eigenvalue weighted by atomic mass is 79.9. The summed E-state index contributed by atoms with van der Waals surface area (Å²) in [4.78, 5) is 25.8. The van der Waals surface area contributed by atoms with Crippen molar-refractivity contribution in [2.45, 2.75) is 81.1 Å². The van der Waals surface area contributed by atoms with E-state index in [1.807, 2.05) is 37.5 Å². The molecule has 1 saturated carbocycles. The topological polar surface area (TPSA) is 127 Å². The highest BCUT2D eigenvalue weighted by Gasteiger charge is 2.28. The van der Waals surface area contributed by atoms with Crippen LogP contribution in [0.5, 0.6) is 11.5 Å². The summed E-state index contributed by atoms with van der Waals surface area (Å²) in [5.74, 6) is 1.81. The van der Waals surface area contributed by atoms with Crippen LogP contribution >= 0.6 is 27.7 Å². The highest BCUT2D eigenvalue weighted by molar-refractivity contribution is 9.10. The van der Waals surface area contributed by atoms with Gasteiger partial charge in [0.15, 0.2) is 27.8 Å². The number of aryl methyl sites for hydroxylation is 1. The first kappa shape index (κ1) is 25.9. The van der Waals surface area contributed by atoms with Gasteiger partial charge in [-0.25, -0.2) is 14.8 Å². The Bertz CT molecular complexity index is 1360. The Balaban J connectivity index is 1.35. The maximum absolute atomic E-state index is 12.6. The van der Waals surface area contributed by atoms with Gasteiger partial charge in [0.05, 0.1) is 6.33 Å². The van der Waals surface area contributed by atoms with Crippen LogP contribution in [0.4, 0.5) is 4.79 Å². The summed E-state index contributed by atoms with van der Waals surface area (Å²) >= 11 is 5.03. The molecule has 0 radical (unpaired) electrons. The third kappa shape index (κ3) is 6.06. The van der Waals surface area contributed by atoms with E-state index in [9.17, 15) is 4.79 Å². The highest BCUT2D eigenvalue weighted by Crippen LogP contribution is 2.42. The van der Waals surface area contributed by atoms with Gasteiger partial charge in [-0.05, 0) is 74.0 Å². The maximum Gasteiger partial charge on any atom is 0.407 e. The van der Waals surface area contributed by atoms with Gasteiger partial charge in [0.2, 0.25) is 6.79 Å². The summed E-state index contributed by atoms with van der Waals surface area (Å²) in [5, 5.41) is 12.1. The molecule has 1 fully saturated rings. The number of ether oxygens (including phenoxy) is 3. The predicted molar refractivity (Wildman–Crippen MR) is 142 cm³/mol. The standard InChI is InChI=1S/C25H31BrN6O4S/c1-25(2,3)36-24(33)29-16(14-6-4-5-7-14)8-9-32-12-28-21(27)20-22(32)31-23(30-20)37-19-11-18-17(10-15(19)26)34-13-35-18/h10-12,14,16,27H,4-9,13H2,1-3H3,(H,29,33)(H,30,31). The monoisotopic (exact) mass is 590 g/mol. The van der Waals surface area contributed by atoms with Gasteiger partial charge in [-0.2, -0.15) is 0 Å². The molecule has 3 aromatic rings. The molecule has 2 aromatic heterocycles. The van der Waals surface area contributed by atoms with E-state index in [-0.39, 0.29) is 24.4 Å². The second kappa shape index (κ2) is 10.6. The average molecular weight is 592 g/mol. The molecule has 1 atom stereocenters. The lowest BCUT2D eigenvalue weighted by molar-refractivity contribution is 0.0481. The Hall–Kier alpha value is -2.73. The lowest BCUT2D eigenvalue weighted by Gasteiger charge is -2.27. The van der Waals surface area contributed by atoms with Gasteiger partial charge in [-0.15, -0.1) is 0 Å². The van der Waals surface area contributed by atoms with E-state index in [1.165, 1.54) is 24.6 Å². The van der Waals surface area contributed by atoms with E-state index in [4.69, 9.17) is 24.6 Å². The van der Waals surface area contributed by atoms with Crippen LogP contribution in [0.25, 0.3) is 11.2 Å². The number of aromatic amines is 1. The van der Waals surface area contributed by atoms with Crippen molar-refractivity contribution >= 4 is 44.9 Å². The number of fused-ring (bicyclic) bond motifs is 2. The number of amides is 1. The normalized spacial score (nSPS) is 16.3. The molecular weight excluding hydrogens is 560 g/mol. The third-order valence-corrected chi connectivity index (χ3v) is 8.35. The minimum Gasteiger partial charge on any atom is -0.454 e. The predicted octanol–water partition coefficient (Wildman–Crippen LogP) is 5.35. The van der Waals surface area contributed by atoms with Crippen molar-refractivity contribution in [3.05, 3.63) is 28.4 Å². The molecule has 0 bridgehead atoms. The minimum atomic E-state index is -0.546. The number of aromatic nitrogens is 4. The second-order valence-electron chi connectivity index (χ2n) is 10.4. The van der Waals surface area contributed by atoms with E-state index < -0.39 is 5.60 Å². The van der Waals surface area contributed by atoms with Crippen LogP contribution in [-0.4, -0.2) is 44.0 Å². The number of alkyl carbamates (subject to hydrolysis) is 1. The molecular formula is C25H31BrN6O4S. The van der Waals surface area contributed by atoms with E-state index >= 15 is 0 Å². The summed E-state index contributed by atoms with van der Waals surface area (Å²) in [6.45, 7) is 6.41. The van der Waals surface area contributed by atoms with Crippen molar-refractivity contribution in [1.29, 1.82) is 5.41 Å². The van der Waals surface area contributed by atoms with Crippen LogP contribution in [-0.2, 0) is 11.3 Å². The number of H-pyrrole nitrogens is 1. The van der Waals surface area contributed by atoms with Gasteiger partial charge in [-0.3, -0.25) is 5.41 Å². The number of rotatable bonds is 7. The summed E-state index contributed by atoms with van der Waals surface area (Å²) in [6, 6.07) is 3.78. The molecule has 0 saturated heterocycles. The fourth-order valence-electron chi connectivity index (χ4n) is 4.78. The molecule has 1 aromatic carbocycles. The molecule has 2 aliphatic rings. The lowest BCUT2D eigenvalue weighted by atomic mass is 9.95. The number of halogens is 1. The SMILES string of the molecule is CC(C)(C)OC(=O)NC(CCn1cnc(=N)c2[nH]c(Sc3cc4c(cc3Br)OCO4)nc21)C1CCCC1. The molecule has 3 N–H and O–H groups in total. The molecule has 1 aliphatic heterocycles. The Morgan fingerprint density at radius 1 is 1.32 bits per heavy atom. The van der Waals surface area contributed by atoms with Crippen LogP contribution in [0.3, 0.4) is 0 Å². The summed E-state index contributed by atoms with van der Waals surface area (Å²) < 4.78 is 19.3. The molecule has 198 valence electrons. The number of nitrogens with one attached hydrogen (secondary N) is 3. The first-order valence-corrected chi connectivity index (χ1v) is 14.0. The zero-order valence-corrected chi connectivity index (χ0v) is 23.5. The van der Waals surface area contributed by atoms with Crippen LogP contribution in [0, 0.1) is 11.3 Å². The smallest absolute Gasteiger partial charge is 0.407 e.